The Balaban J connectivity index is 2.20. The number of benzene rings is 1. The van der Waals surface area contributed by atoms with Crippen molar-refractivity contribution in [2.75, 3.05) is 20.8 Å². The molecule has 0 bridgehead atoms. The number of methoxy groups -OCH3 is 2. The molecule has 1 aromatic carbocycles. The van der Waals surface area contributed by atoms with Crippen LogP contribution < -0.4 is 9.47 Å². The standard InChI is InChI=1S/C18H22N2O3/c1-5-20(18(21)15-8-6-7-13(2)19-15)12-14-9-10-16(22-3)17(11-14)23-4/h6-11H,5,12H2,1-4H3. The van der Waals surface area contributed by atoms with Crippen LogP contribution >= 0.6 is 0 Å². The summed E-state index contributed by atoms with van der Waals surface area (Å²) in [7, 11) is 3.20. The van der Waals surface area contributed by atoms with Crippen molar-refractivity contribution in [3.8, 4) is 11.5 Å². The van der Waals surface area contributed by atoms with E-state index in [1.807, 2.05) is 44.2 Å². The molecule has 0 spiro atoms. The zero-order chi connectivity index (χ0) is 16.8. The molecule has 0 radical (unpaired) electrons. The van der Waals surface area contributed by atoms with Gasteiger partial charge in [-0.15, -0.1) is 0 Å². The summed E-state index contributed by atoms with van der Waals surface area (Å²) in [5.74, 6) is 1.25. The van der Waals surface area contributed by atoms with Crippen molar-refractivity contribution < 1.29 is 14.3 Å². The minimum atomic E-state index is -0.0778. The maximum absolute atomic E-state index is 12.6. The molecule has 23 heavy (non-hydrogen) atoms. The van der Waals surface area contributed by atoms with Crippen molar-refractivity contribution in [3.63, 3.8) is 0 Å². The number of carbonyl (C=O) groups is 1. The highest BCUT2D eigenvalue weighted by atomic mass is 16.5. The third-order valence-electron chi connectivity index (χ3n) is 3.60. The van der Waals surface area contributed by atoms with Crippen molar-refractivity contribution in [2.24, 2.45) is 0 Å². The zero-order valence-electron chi connectivity index (χ0n) is 14.0. The number of rotatable bonds is 6. The van der Waals surface area contributed by atoms with Crippen LogP contribution in [0.1, 0.15) is 28.7 Å². The molecule has 0 N–H and O–H groups in total. The van der Waals surface area contributed by atoms with E-state index < -0.39 is 0 Å². The number of ether oxygens (including phenoxy) is 2. The molecule has 122 valence electrons. The maximum Gasteiger partial charge on any atom is 0.272 e. The summed E-state index contributed by atoms with van der Waals surface area (Å²) >= 11 is 0. The monoisotopic (exact) mass is 314 g/mol. The van der Waals surface area contributed by atoms with E-state index in [0.717, 1.165) is 11.3 Å². The SMILES string of the molecule is CCN(Cc1ccc(OC)c(OC)c1)C(=O)c1cccc(C)n1. The van der Waals surface area contributed by atoms with Gasteiger partial charge in [-0.2, -0.15) is 0 Å². The molecule has 0 aliphatic carbocycles. The fourth-order valence-electron chi connectivity index (χ4n) is 2.35. The Hall–Kier alpha value is -2.56. The van der Waals surface area contributed by atoms with Crippen LogP contribution in [-0.2, 0) is 6.54 Å². The first-order valence-corrected chi connectivity index (χ1v) is 7.52. The van der Waals surface area contributed by atoms with Gasteiger partial charge in [-0.05, 0) is 43.7 Å². The molecule has 1 heterocycles. The Bertz CT molecular complexity index is 686. The normalized spacial score (nSPS) is 10.3. The number of aryl methyl sites for hydroxylation is 1. The second kappa shape index (κ2) is 7.63. The van der Waals surface area contributed by atoms with Crippen LogP contribution in [0.2, 0.25) is 0 Å². The Morgan fingerprint density at radius 2 is 1.87 bits per heavy atom. The largest absolute Gasteiger partial charge is 0.493 e. The predicted molar refractivity (Wildman–Crippen MR) is 88.9 cm³/mol. The molecule has 0 atom stereocenters. The van der Waals surface area contributed by atoms with Crippen LogP contribution in [0.25, 0.3) is 0 Å². The van der Waals surface area contributed by atoms with Gasteiger partial charge in [-0.1, -0.05) is 12.1 Å². The van der Waals surface area contributed by atoms with E-state index in [0.29, 0.717) is 30.3 Å². The minimum Gasteiger partial charge on any atom is -0.493 e. The molecule has 1 aromatic heterocycles. The summed E-state index contributed by atoms with van der Waals surface area (Å²) in [6, 6.07) is 11.1. The molecule has 0 saturated heterocycles. The maximum atomic E-state index is 12.6. The van der Waals surface area contributed by atoms with Crippen molar-refractivity contribution in [1.82, 2.24) is 9.88 Å². The van der Waals surface area contributed by atoms with Gasteiger partial charge < -0.3 is 14.4 Å². The number of nitrogens with zero attached hydrogens (tertiary/aromatic N) is 2. The van der Waals surface area contributed by atoms with Crippen LogP contribution in [0.5, 0.6) is 11.5 Å². The third kappa shape index (κ3) is 4.00. The first-order valence-electron chi connectivity index (χ1n) is 7.52. The Labute approximate surface area is 136 Å². The Morgan fingerprint density at radius 1 is 1.13 bits per heavy atom. The molecular formula is C18H22N2O3. The molecular weight excluding hydrogens is 292 g/mol. The average Bonchev–Trinajstić information content (AvgIpc) is 2.58. The van der Waals surface area contributed by atoms with Crippen LogP contribution in [0.4, 0.5) is 0 Å². The first kappa shape index (κ1) is 16.8. The summed E-state index contributed by atoms with van der Waals surface area (Å²) in [6.45, 7) is 4.92. The highest BCUT2D eigenvalue weighted by Crippen LogP contribution is 2.28. The zero-order valence-corrected chi connectivity index (χ0v) is 14.0. The molecule has 0 saturated carbocycles. The molecule has 0 unspecified atom stereocenters. The average molecular weight is 314 g/mol. The van der Waals surface area contributed by atoms with Crippen molar-refractivity contribution >= 4 is 5.91 Å². The number of aromatic nitrogens is 1. The molecule has 0 aliphatic rings. The van der Waals surface area contributed by atoms with Gasteiger partial charge in [0, 0.05) is 18.8 Å². The summed E-state index contributed by atoms with van der Waals surface area (Å²) < 4.78 is 10.5. The van der Waals surface area contributed by atoms with Gasteiger partial charge in [0.15, 0.2) is 11.5 Å². The fraction of sp³-hybridized carbons (Fsp3) is 0.333. The van der Waals surface area contributed by atoms with E-state index in [1.54, 1.807) is 25.2 Å². The van der Waals surface area contributed by atoms with E-state index in [1.165, 1.54) is 0 Å². The first-order chi connectivity index (χ1) is 11.1. The molecule has 1 amide bonds. The van der Waals surface area contributed by atoms with Gasteiger partial charge in [0.25, 0.3) is 5.91 Å². The smallest absolute Gasteiger partial charge is 0.272 e. The van der Waals surface area contributed by atoms with Crippen LogP contribution in [0.15, 0.2) is 36.4 Å². The van der Waals surface area contributed by atoms with Crippen molar-refractivity contribution in [2.45, 2.75) is 20.4 Å². The van der Waals surface area contributed by atoms with Gasteiger partial charge in [0.05, 0.1) is 14.2 Å². The highest BCUT2D eigenvalue weighted by molar-refractivity contribution is 5.92. The second-order valence-corrected chi connectivity index (χ2v) is 5.17. The Kier molecular flexibility index (Phi) is 5.57. The summed E-state index contributed by atoms with van der Waals surface area (Å²) in [5, 5.41) is 0. The molecule has 2 rings (SSSR count). The molecule has 0 aliphatic heterocycles. The molecule has 2 aromatic rings. The lowest BCUT2D eigenvalue weighted by atomic mass is 10.1. The number of hydrogen-bond donors (Lipinski definition) is 0. The number of pyridine rings is 1. The fourth-order valence-corrected chi connectivity index (χ4v) is 2.35. The number of amides is 1. The van der Waals surface area contributed by atoms with Gasteiger partial charge in [0.1, 0.15) is 5.69 Å². The lowest BCUT2D eigenvalue weighted by Crippen LogP contribution is -2.31. The van der Waals surface area contributed by atoms with E-state index in [-0.39, 0.29) is 5.91 Å². The van der Waals surface area contributed by atoms with Gasteiger partial charge in [0.2, 0.25) is 0 Å². The van der Waals surface area contributed by atoms with Gasteiger partial charge in [-0.3, -0.25) is 4.79 Å². The number of carbonyl (C=O) groups excluding carboxylic acids is 1. The third-order valence-corrected chi connectivity index (χ3v) is 3.60. The molecule has 0 fully saturated rings. The van der Waals surface area contributed by atoms with Gasteiger partial charge in [-0.25, -0.2) is 4.98 Å². The highest BCUT2D eigenvalue weighted by Gasteiger charge is 2.16. The van der Waals surface area contributed by atoms with Crippen LogP contribution in [-0.4, -0.2) is 36.6 Å². The van der Waals surface area contributed by atoms with E-state index in [4.69, 9.17) is 9.47 Å². The quantitative estimate of drug-likeness (QED) is 0.822. The predicted octanol–water partition coefficient (Wildman–Crippen LogP) is 3.07. The van der Waals surface area contributed by atoms with E-state index in [2.05, 4.69) is 4.98 Å². The van der Waals surface area contributed by atoms with Crippen LogP contribution in [0.3, 0.4) is 0 Å². The van der Waals surface area contributed by atoms with E-state index in [9.17, 15) is 4.79 Å². The number of hydrogen-bond acceptors (Lipinski definition) is 4. The lowest BCUT2D eigenvalue weighted by molar-refractivity contribution is 0.0746. The Morgan fingerprint density at radius 3 is 2.48 bits per heavy atom. The molecule has 5 nitrogen and oxygen atoms in total. The van der Waals surface area contributed by atoms with Crippen LogP contribution in [0, 0.1) is 6.92 Å². The summed E-state index contributed by atoms with van der Waals surface area (Å²) in [5.41, 5.74) is 2.27. The van der Waals surface area contributed by atoms with Crippen molar-refractivity contribution in [1.29, 1.82) is 0 Å². The molecule has 5 heteroatoms. The van der Waals surface area contributed by atoms with Crippen molar-refractivity contribution in [3.05, 3.63) is 53.3 Å². The van der Waals surface area contributed by atoms with Gasteiger partial charge >= 0.3 is 0 Å². The summed E-state index contributed by atoms with van der Waals surface area (Å²) in [6.07, 6.45) is 0. The van der Waals surface area contributed by atoms with E-state index >= 15 is 0 Å². The summed E-state index contributed by atoms with van der Waals surface area (Å²) in [4.78, 5) is 18.7. The second-order valence-electron chi connectivity index (χ2n) is 5.17. The minimum absolute atomic E-state index is 0.0778. The lowest BCUT2D eigenvalue weighted by Gasteiger charge is -2.21. The topological polar surface area (TPSA) is 51.7 Å².